The first-order valence-electron chi connectivity index (χ1n) is 5.02. The van der Waals surface area contributed by atoms with Gasteiger partial charge < -0.3 is 0 Å². The Balaban J connectivity index is 2.43. The number of para-hydroxylation sites is 2. The van der Waals surface area contributed by atoms with Crippen LogP contribution in [0.4, 0.5) is 5.69 Å². The second-order valence-corrected chi connectivity index (χ2v) is 4.92. The van der Waals surface area contributed by atoms with Crippen LogP contribution in [0.15, 0.2) is 24.3 Å². The van der Waals surface area contributed by atoms with Crippen molar-refractivity contribution in [2.24, 2.45) is 0 Å². The van der Waals surface area contributed by atoms with Crippen molar-refractivity contribution in [3.63, 3.8) is 0 Å². The Labute approximate surface area is 107 Å². The molecule has 88 valence electrons. The number of carboxylic acids is 1. The normalized spacial score (nSPS) is 19.2. The van der Waals surface area contributed by atoms with Crippen LogP contribution in [0.3, 0.4) is 0 Å². The number of fused-ring (bicyclic) bond motifs is 1. The van der Waals surface area contributed by atoms with Gasteiger partial charge in [0.25, 0.3) is 0 Å². The van der Waals surface area contributed by atoms with E-state index in [1.54, 1.807) is 24.3 Å². The molecule has 1 aromatic carbocycles. The van der Waals surface area contributed by atoms with Gasteiger partial charge in [-0.25, -0.2) is 0 Å². The monoisotopic (exact) mass is 295 g/mol. The molecule has 5 nitrogen and oxygen atoms in total. The summed E-state index contributed by atoms with van der Waals surface area (Å²) in [5.74, 6) is -0.761. The summed E-state index contributed by atoms with van der Waals surface area (Å²) in [5, 5.41) is 8.85. The number of carbonyl (C=O) groups is 2. The third-order valence-electron chi connectivity index (χ3n) is 2.40. The first-order valence-corrected chi connectivity index (χ1v) is 6.11. The first kappa shape index (κ1) is 12.0. The van der Waals surface area contributed by atoms with E-state index >= 15 is 0 Å². The average molecular weight is 295 g/mol. The van der Waals surface area contributed by atoms with Crippen molar-refractivity contribution in [2.75, 3.05) is 18.1 Å². The number of aliphatic carboxylic acids is 1. The van der Waals surface area contributed by atoms with Crippen LogP contribution >= 0.6 is 0 Å². The van der Waals surface area contributed by atoms with Gasteiger partial charge in [0.05, 0.1) is 0 Å². The molecule has 0 bridgehead atoms. The molecule has 0 fully saturated rings. The van der Waals surface area contributed by atoms with Crippen molar-refractivity contribution in [2.45, 2.75) is 4.71 Å². The zero-order valence-electron chi connectivity index (χ0n) is 8.87. The molecule has 2 radical (unpaired) electrons. The Bertz CT molecular complexity index is 463. The zero-order chi connectivity index (χ0) is 12.4. The Kier molecular flexibility index (Phi) is 3.38. The number of hydrogen-bond donors (Lipinski definition) is 1. The molecule has 17 heavy (non-hydrogen) atoms. The minimum absolute atomic E-state index is 0.242. The molecule has 2 rings (SSSR count). The van der Waals surface area contributed by atoms with Crippen LogP contribution in [0, 0.1) is 0 Å². The summed E-state index contributed by atoms with van der Waals surface area (Å²) in [6.07, 6.45) is 0. The van der Waals surface area contributed by atoms with Gasteiger partial charge >= 0.3 is 107 Å². The molecule has 1 aliphatic rings. The van der Waals surface area contributed by atoms with Crippen molar-refractivity contribution in [3.8, 4) is 5.75 Å². The quantitative estimate of drug-likeness (QED) is 0.805. The number of amides is 1. The van der Waals surface area contributed by atoms with Gasteiger partial charge in [-0.2, -0.15) is 0 Å². The van der Waals surface area contributed by atoms with E-state index in [0.29, 0.717) is 11.4 Å². The number of ether oxygens (including phenoxy) is 1. The summed E-state index contributed by atoms with van der Waals surface area (Å²) in [5.41, 5.74) is 0.508. The van der Waals surface area contributed by atoms with E-state index in [4.69, 9.17) is 9.84 Å². The van der Waals surface area contributed by atoms with Crippen molar-refractivity contribution >= 4 is 34.4 Å². The molecule has 0 spiro atoms. The maximum absolute atomic E-state index is 12.0. The van der Waals surface area contributed by atoms with Crippen LogP contribution in [0.1, 0.15) is 0 Å². The Morgan fingerprint density at radius 2 is 2.24 bits per heavy atom. The van der Waals surface area contributed by atoms with Crippen LogP contribution in [0.25, 0.3) is 0 Å². The van der Waals surface area contributed by atoms with E-state index in [0.717, 1.165) is 0 Å². The Morgan fingerprint density at radius 3 is 2.94 bits per heavy atom. The fraction of sp³-hybridized carbons (Fsp3) is 0.273. The predicted molar refractivity (Wildman–Crippen MR) is 61.4 cm³/mol. The second kappa shape index (κ2) is 4.80. The van der Waals surface area contributed by atoms with Crippen LogP contribution in [-0.4, -0.2) is 47.0 Å². The van der Waals surface area contributed by atoms with E-state index in [-0.39, 0.29) is 19.1 Å². The topological polar surface area (TPSA) is 66.8 Å². The summed E-state index contributed by atoms with van der Waals surface area (Å²) < 4.78 is 5.06. The van der Waals surface area contributed by atoms with Gasteiger partial charge in [-0.05, 0) is 0 Å². The number of benzene rings is 1. The molecule has 0 saturated carbocycles. The van der Waals surface area contributed by atoms with E-state index in [9.17, 15) is 9.59 Å². The average Bonchev–Trinajstić information content (AvgIpc) is 2.42. The molecule has 0 saturated heterocycles. The van der Waals surface area contributed by atoms with Gasteiger partial charge in [0.2, 0.25) is 0 Å². The fourth-order valence-electron chi connectivity index (χ4n) is 1.64. The number of nitrogens with zero attached hydrogens (tertiary/aromatic N) is 1. The van der Waals surface area contributed by atoms with E-state index in [2.05, 4.69) is 16.9 Å². The number of carboxylic acid groups (broad SMARTS) is 1. The van der Waals surface area contributed by atoms with E-state index in [1.807, 2.05) is 0 Å². The molecule has 1 aromatic rings. The summed E-state index contributed by atoms with van der Waals surface area (Å²) in [7, 11) is 0. The molecule has 1 atom stereocenters. The van der Waals surface area contributed by atoms with Crippen LogP contribution in [0.5, 0.6) is 5.75 Å². The van der Waals surface area contributed by atoms with Crippen molar-refractivity contribution in [1.82, 2.24) is 0 Å². The fourth-order valence-corrected chi connectivity index (χ4v) is 2.09. The van der Waals surface area contributed by atoms with Gasteiger partial charge in [-0.1, -0.05) is 0 Å². The molecular weight excluding hydrogens is 285 g/mol. The molecule has 6 heteroatoms. The van der Waals surface area contributed by atoms with Gasteiger partial charge in [0, 0.05) is 0 Å². The van der Waals surface area contributed by atoms with Crippen LogP contribution in [-0.2, 0) is 9.59 Å². The molecule has 0 aliphatic carbocycles. The molecule has 1 N–H and O–H groups in total. The number of anilines is 1. The summed E-state index contributed by atoms with van der Waals surface area (Å²) in [6.45, 7) is -0.112. The predicted octanol–water partition coefficient (Wildman–Crippen LogP) is 0.454. The van der Waals surface area contributed by atoms with Gasteiger partial charge in [-0.15, -0.1) is 0 Å². The molecule has 0 aromatic heterocycles. The first-order chi connectivity index (χ1) is 8.09. The van der Waals surface area contributed by atoms with Gasteiger partial charge in [0.15, 0.2) is 0 Å². The number of carbonyl (C=O) groups excluding carboxylic acids is 1. The van der Waals surface area contributed by atoms with Crippen molar-refractivity contribution in [3.05, 3.63) is 24.3 Å². The van der Waals surface area contributed by atoms with Gasteiger partial charge in [-0.3, -0.25) is 0 Å². The van der Waals surface area contributed by atoms with E-state index < -0.39 is 10.7 Å². The summed E-state index contributed by atoms with van der Waals surface area (Å²) in [4.78, 5) is 24.1. The zero-order valence-corrected chi connectivity index (χ0v) is 10.7. The third-order valence-corrected chi connectivity index (χ3v) is 3.17. The number of hydrogen-bond acceptors (Lipinski definition) is 3. The van der Waals surface area contributed by atoms with Crippen molar-refractivity contribution < 1.29 is 19.4 Å². The van der Waals surface area contributed by atoms with Crippen LogP contribution < -0.4 is 9.64 Å². The molecular formula is C11H10AsNO4. The molecule has 1 amide bonds. The molecule has 1 aliphatic heterocycles. The standard InChI is InChI=1S/C11H10AsNO4/c12-7-6-17-9-4-2-1-3-8(9)13(11(7)16)5-10(14)15/h1-4,7H,5-6H2,(H,14,15). The summed E-state index contributed by atoms with van der Waals surface area (Å²) in [6, 6.07) is 6.94. The van der Waals surface area contributed by atoms with Crippen molar-refractivity contribution in [1.29, 1.82) is 0 Å². The minimum atomic E-state index is -1.05. The SMILES string of the molecule is O=C(O)CN1C(=O)C([As])COc2ccccc21. The Morgan fingerprint density at radius 1 is 1.53 bits per heavy atom. The third kappa shape index (κ3) is 2.44. The molecule has 1 heterocycles. The van der Waals surface area contributed by atoms with E-state index in [1.165, 1.54) is 4.90 Å². The Hall–Kier alpha value is -1.48. The maximum atomic E-state index is 12.0. The summed E-state index contributed by atoms with van der Waals surface area (Å²) >= 11 is 2.21. The van der Waals surface area contributed by atoms with Gasteiger partial charge in [0.1, 0.15) is 0 Å². The number of rotatable bonds is 2. The van der Waals surface area contributed by atoms with Crippen LogP contribution in [0.2, 0.25) is 4.71 Å². The second-order valence-electron chi connectivity index (χ2n) is 3.61. The molecule has 1 unspecified atom stereocenters.